The molecule has 0 unspecified atom stereocenters. The van der Waals surface area contributed by atoms with Crippen molar-refractivity contribution in [3.05, 3.63) is 59.8 Å². The maximum Gasteiger partial charge on any atom is 0.294 e. The van der Waals surface area contributed by atoms with Crippen LogP contribution in [-0.2, 0) is 13.2 Å². The first-order valence-electron chi connectivity index (χ1n) is 9.50. The molecule has 5 aromatic rings. The van der Waals surface area contributed by atoms with Gasteiger partial charge in [-0.3, -0.25) is 0 Å². The first-order valence-corrected chi connectivity index (χ1v) is 10.3. The summed E-state index contributed by atoms with van der Waals surface area (Å²) in [4.78, 5) is 5.29. The summed E-state index contributed by atoms with van der Waals surface area (Å²) in [5.41, 5.74) is 3.10. The molecule has 158 valence electrons. The molecule has 0 amide bonds. The molecule has 8 nitrogen and oxygen atoms in total. The molecule has 0 radical (unpaired) electrons. The van der Waals surface area contributed by atoms with Crippen LogP contribution in [-0.4, -0.2) is 33.9 Å². The molecule has 0 saturated heterocycles. The van der Waals surface area contributed by atoms with Crippen LogP contribution in [0, 0.1) is 0 Å². The zero-order valence-electron chi connectivity index (χ0n) is 16.9. The molecule has 0 spiro atoms. The predicted octanol–water partition coefficient (Wildman–Crippen LogP) is 4.29. The molecule has 2 aromatic carbocycles. The number of hydrogen-bond donors (Lipinski definition) is 1. The van der Waals surface area contributed by atoms with E-state index in [9.17, 15) is 5.11 Å². The Morgan fingerprint density at radius 1 is 1.10 bits per heavy atom. The van der Waals surface area contributed by atoms with E-state index in [-0.39, 0.29) is 6.61 Å². The molecule has 0 atom stereocenters. The van der Waals surface area contributed by atoms with Crippen molar-refractivity contribution in [1.82, 2.24) is 14.6 Å². The summed E-state index contributed by atoms with van der Waals surface area (Å²) < 4.78 is 24.4. The van der Waals surface area contributed by atoms with Gasteiger partial charge in [-0.15, -0.1) is 5.10 Å². The number of aromatic nitrogens is 3. The number of furan rings is 1. The number of benzene rings is 2. The van der Waals surface area contributed by atoms with Gasteiger partial charge in [-0.05, 0) is 28.5 Å². The lowest BCUT2D eigenvalue weighted by Crippen LogP contribution is -1.97. The largest absolute Gasteiger partial charge is 0.496 e. The molecule has 9 heteroatoms. The van der Waals surface area contributed by atoms with Crippen molar-refractivity contribution in [2.24, 2.45) is 0 Å². The minimum absolute atomic E-state index is 0.00875. The average molecular weight is 437 g/mol. The lowest BCUT2D eigenvalue weighted by atomic mass is 10.1. The van der Waals surface area contributed by atoms with Crippen LogP contribution < -0.4 is 14.2 Å². The Morgan fingerprint density at radius 2 is 1.97 bits per heavy atom. The highest BCUT2D eigenvalue weighted by molar-refractivity contribution is 7.18. The number of ether oxygens (including phenoxy) is 3. The fourth-order valence-electron chi connectivity index (χ4n) is 3.31. The highest BCUT2D eigenvalue weighted by Gasteiger charge is 2.17. The summed E-state index contributed by atoms with van der Waals surface area (Å²) in [6, 6.07) is 13.2. The number of fused-ring (bicyclic) bond motifs is 2. The van der Waals surface area contributed by atoms with Gasteiger partial charge in [0.05, 0.1) is 32.4 Å². The topological polar surface area (TPSA) is 91.2 Å². The standard InChI is InChI=1S/C22H19N3O5S/c1-27-15-7-18(29-12-14-5-3-4-13(6-14)11-26)16-9-20(30-19(16)8-15)17-10-25-21(23-17)31-22(24-25)28-2/h3-10,26H,11-12H2,1-2H3. The van der Waals surface area contributed by atoms with E-state index in [0.29, 0.717) is 45.3 Å². The second-order valence-electron chi connectivity index (χ2n) is 6.84. The number of methoxy groups -OCH3 is 2. The van der Waals surface area contributed by atoms with Gasteiger partial charge < -0.3 is 23.7 Å². The molecule has 5 rings (SSSR count). The van der Waals surface area contributed by atoms with Crippen LogP contribution in [0.4, 0.5) is 0 Å². The van der Waals surface area contributed by atoms with E-state index in [2.05, 4.69) is 10.1 Å². The Hall–Kier alpha value is -3.56. The van der Waals surface area contributed by atoms with Gasteiger partial charge in [0.15, 0.2) is 5.76 Å². The van der Waals surface area contributed by atoms with Crippen molar-refractivity contribution in [1.29, 1.82) is 0 Å². The first-order chi connectivity index (χ1) is 15.2. The van der Waals surface area contributed by atoms with E-state index in [1.807, 2.05) is 42.5 Å². The van der Waals surface area contributed by atoms with E-state index < -0.39 is 0 Å². The summed E-state index contributed by atoms with van der Waals surface area (Å²) in [5, 5.41) is 15.0. The molecule has 0 saturated carbocycles. The van der Waals surface area contributed by atoms with Gasteiger partial charge in [0, 0.05) is 12.1 Å². The fourth-order valence-corrected chi connectivity index (χ4v) is 4.01. The van der Waals surface area contributed by atoms with Crippen molar-refractivity contribution in [3.63, 3.8) is 0 Å². The number of rotatable bonds is 7. The SMILES string of the molecule is COc1cc(OCc2cccc(CO)c2)c2cc(-c3cn4nc(OC)sc4n3)oc2c1. The number of hydrogen-bond acceptors (Lipinski definition) is 8. The highest BCUT2D eigenvalue weighted by Crippen LogP contribution is 2.37. The molecular formula is C22H19N3O5S. The first kappa shape index (κ1) is 19.4. The Kier molecular flexibility index (Phi) is 4.97. The Morgan fingerprint density at radius 3 is 2.74 bits per heavy atom. The van der Waals surface area contributed by atoms with E-state index in [1.54, 1.807) is 24.9 Å². The Bertz CT molecular complexity index is 1340. The molecule has 0 bridgehead atoms. The minimum Gasteiger partial charge on any atom is -0.496 e. The van der Waals surface area contributed by atoms with Crippen LogP contribution in [0.2, 0.25) is 0 Å². The number of aliphatic hydroxyl groups excluding tert-OH is 1. The summed E-state index contributed by atoms with van der Waals surface area (Å²) in [6.07, 6.45) is 1.80. The smallest absolute Gasteiger partial charge is 0.294 e. The molecule has 0 fully saturated rings. The predicted molar refractivity (Wildman–Crippen MR) is 116 cm³/mol. The van der Waals surface area contributed by atoms with Gasteiger partial charge in [0.2, 0.25) is 4.96 Å². The Labute approximate surface area is 181 Å². The van der Waals surface area contributed by atoms with Crippen LogP contribution in [0.15, 0.2) is 53.1 Å². The van der Waals surface area contributed by atoms with Crippen LogP contribution in [0.3, 0.4) is 0 Å². The molecule has 0 aliphatic rings. The summed E-state index contributed by atoms with van der Waals surface area (Å²) in [7, 11) is 3.18. The zero-order valence-corrected chi connectivity index (χ0v) is 17.7. The zero-order chi connectivity index (χ0) is 21.4. The second-order valence-corrected chi connectivity index (χ2v) is 7.76. The summed E-state index contributed by atoms with van der Waals surface area (Å²) in [6.45, 7) is 0.339. The third-order valence-electron chi connectivity index (χ3n) is 4.83. The van der Waals surface area contributed by atoms with Gasteiger partial charge in [-0.25, -0.2) is 9.50 Å². The van der Waals surface area contributed by atoms with E-state index in [1.165, 1.54) is 11.3 Å². The van der Waals surface area contributed by atoms with Gasteiger partial charge in [-0.2, -0.15) is 0 Å². The molecule has 0 aliphatic heterocycles. The molecule has 31 heavy (non-hydrogen) atoms. The Balaban J connectivity index is 1.49. The third kappa shape index (κ3) is 3.69. The van der Waals surface area contributed by atoms with Crippen molar-refractivity contribution < 1.29 is 23.7 Å². The average Bonchev–Trinajstić information content (AvgIpc) is 3.49. The minimum atomic E-state index is -0.00875. The van der Waals surface area contributed by atoms with Crippen LogP contribution in [0.1, 0.15) is 11.1 Å². The van der Waals surface area contributed by atoms with E-state index in [0.717, 1.165) is 16.5 Å². The molecule has 0 aliphatic carbocycles. The maximum atomic E-state index is 9.35. The summed E-state index contributed by atoms with van der Waals surface area (Å²) in [5.74, 6) is 1.87. The van der Waals surface area contributed by atoms with Crippen molar-refractivity contribution in [3.8, 4) is 28.1 Å². The van der Waals surface area contributed by atoms with Gasteiger partial charge in [0.1, 0.15) is 29.4 Å². The van der Waals surface area contributed by atoms with Gasteiger partial charge >= 0.3 is 0 Å². The monoisotopic (exact) mass is 437 g/mol. The lowest BCUT2D eigenvalue weighted by Gasteiger charge is -2.10. The van der Waals surface area contributed by atoms with Gasteiger partial charge in [-0.1, -0.05) is 24.3 Å². The molecular weight excluding hydrogens is 418 g/mol. The van der Waals surface area contributed by atoms with Crippen LogP contribution in [0.5, 0.6) is 16.7 Å². The number of aliphatic hydroxyl groups is 1. The van der Waals surface area contributed by atoms with Crippen LogP contribution in [0.25, 0.3) is 27.4 Å². The van der Waals surface area contributed by atoms with Gasteiger partial charge in [0.25, 0.3) is 5.19 Å². The van der Waals surface area contributed by atoms with Crippen molar-refractivity contribution in [2.45, 2.75) is 13.2 Å². The quantitative estimate of drug-likeness (QED) is 0.406. The third-order valence-corrected chi connectivity index (χ3v) is 5.71. The molecule has 1 N–H and O–H groups in total. The fraction of sp³-hybridized carbons (Fsp3) is 0.182. The lowest BCUT2D eigenvalue weighted by molar-refractivity contribution is 0.280. The van der Waals surface area contributed by atoms with Crippen LogP contribution >= 0.6 is 11.3 Å². The number of imidazole rings is 1. The number of nitrogens with zero attached hydrogens (tertiary/aromatic N) is 3. The molecule has 3 heterocycles. The normalized spacial score (nSPS) is 11.3. The van der Waals surface area contributed by atoms with E-state index in [4.69, 9.17) is 18.6 Å². The van der Waals surface area contributed by atoms with E-state index >= 15 is 0 Å². The molecule has 3 aromatic heterocycles. The van der Waals surface area contributed by atoms with Crippen molar-refractivity contribution >= 4 is 27.3 Å². The highest BCUT2D eigenvalue weighted by atomic mass is 32.1. The second kappa shape index (κ2) is 7.93. The summed E-state index contributed by atoms with van der Waals surface area (Å²) >= 11 is 1.35. The van der Waals surface area contributed by atoms with Crippen molar-refractivity contribution in [2.75, 3.05) is 14.2 Å². The maximum absolute atomic E-state index is 9.35.